The van der Waals surface area contributed by atoms with Gasteiger partial charge in [0.2, 0.25) is 5.91 Å². The maximum absolute atomic E-state index is 11.7. The van der Waals surface area contributed by atoms with Crippen LogP contribution in [-0.4, -0.2) is 44.0 Å². The highest BCUT2D eigenvalue weighted by molar-refractivity contribution is 5.81. The Bertz CT molecular complexity index is 240. The zero-order valence-corrected chi connectivity index (χ0v) is 10.8. The minimum Gasteiger partial charge on any atom is -0.356 e. The van der Waals surface area contributed by atoms with Crippen molar-refractivity contribution >= 4 is 5.91 Å². The minimum atomic E-state index is -0.438. The molecule has 1 saturated heterocycles. The van der Waals surface area contributed by atoms with Crippen molar-refractivity contribution in [2.24, 2.45) is 17.1 Å². The molecule has 1 rings (SSSR count). The molecule has 0 aromatic rings. The largest absolute Gasteiger partial charge is 0.356 e. The summed E-state index contributed by atoms with van der Waals surface area (Å²) in [4.78, 5) is 14.1. The fraction of sp³-hybridized carbons (Fsp3) is 0.917. The fourth-order valence-electron chi connectivity index (χ4n) is 1.98. The van der Waals surface area contributed by atoms with Crippen molar-refractivity contribution in [3.05, 3.63) is 0 Å². The van der Waals surface area contributed by atoms with Gasteiger partial charge in [0.25, 0.3) is 0 Å². The number of hydrogen-bond donors (Lipinski definition) is 2. The van der Waals surface area contributed by atoms with Gasteiger partial charge < -0.3 is 16.0 Å². The molecule has 1 aliphatic heterocycles. The number of rotatable bonds is 5. The summed E-state index contributed by atoms with van der Waals surface area (Å²) < 4.78 is 0. The van der Waals surface area contributed by atoms with Crippen molar-refractivity contribution in [1.29, 1.82) is 0 Å². The van der Waals surface area contributed by atoms with Crippen LogP contribution in [0.5, 0.6) is 0 Å². The third kappa shape index (κ3) is 3.76. The van der Waals surface area contributed by atoms with E-state index in [1.165, 1.54) is 13.0 Å². The second-order valence-electron chi connectivity index (χ2n) is 5.55. The SMILES string of the molecule is CN1CCC(CCNC(=O)C(C)(C)CN)C1. The molecule has 0 bridgehead atoms. The Kier molecular flexibility index (Phi) is 4.74. The Balaban J connectivity index is 2.18. The molecule has 0 aromatic heterocycles. The lowest BCUT2D eigenvalue weighted by atomic mass is 9.92. The Hall–Kier alpha value is -0.610. The van der Waals surface area contributed by atoms with Gasteiger partial charge in [-0.3, -0.25) is 4.79 Å². The van der Waals surface area contributed by atoms with Crippen LogP contribution in [0.3, 0.4) is 0 Å². The molecule has 0 spiro atoms. The second kappa shape index (κ2) is 5.64. The summed E-state index contributed by atoms with van der Waals surface area (Å²) in [6, 6.07) is 0. The van der Waals surface area contributed by atoms with Gasteiger partial charge in [-0.05, 0) is 46.2 Å². The molecule has 1 aliphatic rings. The van der Waals surface area contributed by atoms with E-state index in [2.05, 4.69) is 17.3 Å². The van der Waals surface area contributed by atoms with E-state index in [4.69, 9.17) is 5.73 Å². The van der Waals surface area contributed by atoms with Crippen LogP contribution in [0.2, 0.25) is 0 Å². The maximum Gasteiger partial charge on any atom is 0.226 e. The lowest BCUT2D eigenvalue weighted by Gasteiger charge is -2.21. The number of amides is 1. The topological polar surface area (TPSA) is 58.4 Å². The Labute approximate surface area is 98.6 Å². The molecule has 0 radical (unpaired) electrons. The molecule has 1 unspecified atom stereocenters. The summed E-state index contributed by atoms with van der Waals surface area (Å²) in [5.74, 6) is 0.813. The summed E-state index contributed by atoms with van der Waals surface area (Å²) in [5, 5.41) is 2.98. The zero-order valence-electron chi connectivity index (χ0n) is 10.8. The molecule has 4 nitrogen and oxygen atoms in total. The third-order valence-electron chi connectivity index (χ3n) is 3.45. The van der Waals surface area contributed by atoms with E-state index in [1.54, 1.807) is 0 Å². The lowest BCUT2D eigenvalue weighted by molar-refractivity contribution is -0.128. The van der Waals surface area contributed by atoms with Crippen LogP contribution in [0.4, 0.5) is 0 Å². The van der Waals surface area contributed by atoms with E-state index in [0.29, 0.717) is 6.54 Å². The highest BCUT2D eigenvalue weighted by Gasteiger charge is 2.26. The number of nitrogens with zero attached hydrogens (tertiary/aromatic N) is 1. The van der Waals surface area contributed by atoms with Gasteiger partial charge in [-0.15, -0.1) is 0 Å². The third-order valence-corrected chi connectivity index (χ3v) is 3.45. The average molecular weight is 227 g/mol. The number of likely N-dealkylation sites (tertiary alicyclic amines) is 1. The summed E-state index contributed by atoms with van der Waals surface area (Å²) in [5.41, 5.74) is 5.11. The van der Waals surface area contributed by atoms with Gasteiger partial charge in [-0.25, -0.2) is 0 Å². The van der Waals surface area contributed by atoms with Gasteiger partial charge in [0.1, 0.15) is 0 Å². The van der Waals surface area contributed by atoms with Crippen LogP contribution in [0.25, 0.3) is 0 Å². The van der Waals surface area contributed by atoms with Crippen LogP contribution in [0.1, 0.15) is 26.7 Å². The summed E-state index contributed by atoms with van der Waals surface area (Å²) in [6.07, 6.45) is 2.34. The smallest absolute Gasteiger partial charge is 0.226 e. The highest BCUT2D eigenvalue weighted by atomic mass is 16.2. The zero-order chi connectivity index (χ0) is 12.2. The Morgan fingerprint density at radius 3 is 2.75 bits per heavy atom. The first kappa shape index (κ1) is 13.5. The van der Waals surface area contributed by atoms with Crippen molar-refractivity contribution in [2.75, 3.05) is 33.2 Å². The molecular formula is C12H25N3O. The van der Waals surface area contributed by atoms with E-state index < -0.39 is 5.41 Å². The first-order chi connectivity index (χ1) is 7.45. The summed E-state index contributed by atoms with van der Waals surface area (Å²) in [6.45, 7) is 7.28. The van der Waals surface area contributed by atoms with Crippen LogP contribution in [-0.2, 0) is 4.79 Å². The van der Waals surface area contributed by atoms with Gasteiger partial charge >= 0.3 is 0 Å². The number of hydrogen-bond acceptors (Lipinski definition) is 3. The predicted octanol–water partition coefficient (Wildman–Crippen LogP) is 0.429. The minimum absolute atomic E-state index is 0.0707. The summed E-state index contributed by atoms with van der Waals surface area (Å²) in [7, 11) is 2.15. The first-order valence-electron chi connectivity index (χ1n) is 6.12. The van der Waals surface area contributed by atoms with Crippen LogP contribution < -0.4 is 11.1 Å². The molecule has 16 heavy (non-hydrogen) atoms. The molecule has 0 saturated carbocycles. The van der Waals surface area contributed by atoms with Crippen LogP contribution >= 0.6 is 0 Å². The van der Waals surface area contributed by atoms with Gasteiger partial charge in [0.05, 0.1) is 5.41 Å². The van der Waals surface area contributed by atoms with Gasteiger partial charge in [-0.1, -0.05) is 0 Å². The van der Waals surface area contributed by atoms with Crippen molar-refractivity contribution in [3.63, 3.8) is 0 Å². The van der Waals surface area contributed by atoms with E-state index in [9.17, 15) is 4.79 Å². The molecule has 3 N–H and O–H groups in total. The van der Waals surface area contributed by atoms with Crippen molar-refractivity contribution < 1.29 is 4.79 Å². The number of nitrogens with one attached hydrogen (secondary N) is 1. The Morgan fingerprint density at radius 1 is 1.56 bits per heavy atom. The quantitative estimate of drug-likeness (QED) is 0.716. The van der Waals surface area contributed by atoms with Crippen molar-refractivity contribution in [2.45, 2.75) is 26.7 Å². The predicted molar refractivity (Wildman–Crippen MR) is 66.1 cm³/mol. The summed E-state index contributed by atoms with van der Waals surface area (Å²) >= 11 is 0. The number of carbonyl (C=O) groups is 1. The van der Waals surface area contributed by atoms with Crippen molar-refractivity contribution in [3.8, 4) is 0 Å². The van der Waals surface area contributed by atoms with Crippen molar-refractivity contribution in [1.82, 2.24) is 10.2 Å². The van der Waals surface area contributed by atoms with Gasteiger partial charge in [0, 0.05) is 19.6 Å². The van der Waals surface area contributed by atoms with Gasteiger partial charge in [-0.2, -0.15) is 0 Å². The first-order valence-corrected chi connectivity index (χ1v) is 6.12. The van der Waals surface area contributed by atoms with E-state index in [-0.39, 0.29) is 5.91 Å². The highest BCUT2D eigenvalue weighted by Crippen LogP contribution is 2.17. The monoisotopic (exact) mass is 227 g/mol. The number of carbonyl (C=O) groups excluding carboxylic acids is 1. The number of nitrogens with two attached hydrogens (primary N) is 1. The molecule has 1 heterocycles. The normalized spacial score (nSPS) is 22.4. The molecule has 0 aromatic carbocycles. The fourth-order valence-corrected chi connectivity index (χ4v) is 1.98. The second-order valence-corrected chi connectivity index (χ2v) is 5.55. The van der Waals surface area contributed by atoms with Crippen LogP contribution in [0.15, 0.2) is 0 Å². The van der Waals surface area contributed by atoms with Gasteiger partial charge in [0.15, 0.2) is 0 Å². The molecular weight excluding hydrogens is 202 g/mol. The Morgan fingerprint density at radius 2 is 2.25 bits per heavy atom. The van der Waals surface area contributed by atoms with E-state index in [0.717, 1.165) is 25.4 Å². The average Bonchev–Trinajstić information content (AvgIpc) is 2.64. The van der Waals surface area contributed by atoms with Crippen LogP contribution in [0, 0.1) is 11.3 Å². The molecule has 0 aliphatic carbocycles. The molecule has 4 heteroatoms. The molecule has 1 fully saturated rings. The molecule has 94 valence electrons. The standard InChI is InChI=1S/C12H25N3O/c1-12(2,9-13)11(16)14-6-4-10-5-7-15(3)8-10/h10H,4-9,13H2,1-3H3,(H,14,16). The lowest BCUT2D eigenvalue weighted by Crippen LogP contribution is -2.42. The maximum atomic E-state index is 11.7. The molecule has 1 atom stereocenters. The van der Waals surface area contributed by atoms with E-state index in [1.807, 2.05) is 13.8 Å². The molecule has 1 amide bonds. The van der Waals surface area contributed by atoms with E-state index >= 15 is 0 Å².